The minimum atomic E-state index is 0.666. The molecule has 1 aromatic heterocycles. The molecule has 0 unspecified atom stereocenters. The number of likely N-dealkylation sites (N-methyl/N-ethyl adjacent to an activating group) is 1. The Labute approximate surface area is 128 Å². The second-order valence-corrected chi connectivity index (χ2v) is 6.28. The molecule has 1 aliphatic heterocycles. The van der Waals surface area contributed by atoms with E-state index in [-0.39, 0.29) is 0 Å². The molecule has 1 atom stereocenters. The van der Waals surface area contributed by atoms with Crippen LogP contribution in [0.15, 0.2) is 41.4 Å². The maximum atomic E-state index is 4.19. The molecule has 0 spiro atoms. The molecule has 0 bridgehead atoms. The Balaban J connectivity index is 1.74. The quantitative estimate of drug-likeness (QED) is 0.862. The van der Waals surface area contributed by atoms with Gasteiger partial charge in [-0.15, -0.1) is 0 Å². The molecule has 3 rings (SSSR count). The van der Waals surface area contributed by atoms with Crippen LogP contribution < -0.4 is 4.90 Å². The number of hydrogen-bond acceptors (Lipinski definition) is 3. The average Bonchev–Trinajstić information content (AvgIpc) is 3.08. The third-order valence-corrected chi connectivity index (χ3v) is 4.37. The average molecular weight is 335 g/mol. The number of imidazole rings is 1. The van der Waals surface area contributed by atoms with Crippen molar-refractivity contribution in [2.75, 3.05) is 32.1 Å². The topological polar surface area (TPSA) is 24.3 Å². The molecule has 0 amide bonds. The zero-order valence-electron chi connectivity index (χ0n) is 11.8. The number of nitrogens with zero attached hydrogens (tertiary/aromatic N) is 4. The molecule has 1 aromatic carbocycles. The molecule has 1 aliphatic rings. The predicted molar refractivity (Wildman–Crippen MR) is 85.6 cm³/mol. The maximum absolute atomic E-state index is 4.19. The van der Waals surface area contributed by atoms with Crippen LogP contribution in [-0.2, 0) is 0 Å². The number of hydrogen-bond donors (Lipinski definition) is 0. The van der Waals surface area contributed by atoms with Crippen LogP contribution >= 0.6 is 15.9 Å². The standard InChI is InChI=1S/C15H19BrN4/c1-18(2)14-7-8-19(9-14)12-3-5-13(6-4-12)20-10-15(16)17-11-20/h3-6,10-11,14H,7-9H2,1-2H3/t14-/m0/s1. The van der Waals surface area contributed by atoms with Gasteiger partial charge in [0.25, 0.3) is 0 Å². The Morgan fingerprint density at radius 3 is 2.45 bits per heavy atom. The summed E-state index contributed by atoms with van der Waals surface area (Å²) in [6, 6.07) is 9.35. The third kappa shape index (κ3) is 2.74. The molecule has 0 aliphatic carbocycles. The summed E-state index contributed by atoms with van der Waals surface area (Å²) in [5.41, 5.74) is 2.44. The molecule has 4 nitrogen and oxygen atoms in total. The summed E-state index contributed by atoms with van der Waals surface area (Å²) in [7, 11) is 4.32. The van der Waals surface area contributed by atoms with Crippen LogP contribution in [0.1, 0.15) is 6.42 Å². The second kappa shape index (κ2) is 5.58. The van der Waals surface area contributed by atoms with E-state index in [2.05, 4.69) is 69.1 Å². The van der Waals surface area contributed by atoms with Gasteiger partial charge in [0.2, 0.25) is 0 Å². The first-order chi connectivity index (χ1) is 9.63. The van der Waals surface area contributed by atoms with Crippen molar-refractivity contribution in [3.05, 3.63) is 41.4 Å². The largest absolute Gasteiger partial charge is 0.370 e. The minimum absolute atomic E-state index is 0.666. The van der Waals surface area contributed by atoms with Crippen LogP contribution in [0.4, 0.5) is 5.69 Å². The van der Waals surface area contributed by atoms with Gasteiger partial charge < -0.3 is 14.4 Å². The molecule has 0 radical (unpaired) electrons. The monoisotopic (exact) mass is 334 g/mol. The van der Waals surface area contributed by atoms with Gasteiger partial charge in [-0.3, -0.25) is 0 Å². The lowest BCUT2D eigenvalue weighted by Crippen LogP contribution is -2.31. The van der Waals surface area contributed by atoms with Crippen molar-refractivity contribution < 1.29 is 0 Å². The fraction of sp³-hybridized carbons (Fsp3) is 0.400. The van der Waals surface area contributed by atoms with E-state index in [1.54, 1.807) is 0 Å². The zero-order valence-corrected chi connectivity index (χ0v) is 13.4. The van der Waals surface area contributed by atoms with Gasteiger partial charge in [-0.1, -0.05) is 0 Å². The number of aromatic nitrogens is 2. The van der Waals surface area contributed by atoms with Crippen molar-refractivity contribution in [1.29, 1.82) is 0 Å². The highest BCUT2D eigenvalue weighted by Gasteiger charge is 2.23. The van der Waals surface area contributed by atoms with Gasteiger partial charge in [0.15, 0.2) is 0 Å². The van der Waals surface area contributed by atoms with Crippen LogP contribution in [0.3, 0.4) is 0 Å². The van der Waals surface area contributed by atoms with Crippen LogP contribution in [-0.4, -0.2) is 47.7 Å². The first kappa shape index (κ1) is 13.6. The summed E-state index contributed by atoms with van der Waals surface area (Å²) >= 11 is 3.37. The van der Waals surface area contributed by atoms with Gasteiger partial charge in [0.05, 0.1) is 0 Å². The highest BCUT2D eigenvalue weighted by atomic mass is 79.9. The van der Waals surface area contributed by atoms with Gasteiger partial charge in [-0.25, -0.2) is 4.98 Å². The van der Waals surface area contributed by atoms with Gasteiger partial charge in [-0.05, 0) is 60.7 Å². The fourth-order valence-corrected chi connectivity index (χ4v) is 2.99. The molecule has 1 fully saturated rings. The summed E-state index contributed by atoms with van der Waals surface area (Å²) < 4.78 is 2.87. The smallest absolute Gasteiger partial charge is 0.124 e. The molecule has 0 N–H and O–H groups in total. The molecule has 1 saturated heterocycles. The zero-order chi connectivity index (χ0) is 14.1. The van der Waals surface area contributed by atoms with Crippen LogP contribution in [0, 0.1) is 0 Å². The van der Waals surface area contributed by atoms with E-state index in [0.717, 1.165) is 23.4 Å². The summed E-state index contributed by atoms with van der Waals surface area (Å²) in [5.74, 6) is 0. The fourth-order valence-electron chi connectivity index (χ4n) is 2.67. The van der Waals surface area contributed by atoms with Crippen molar-refractivity contribution in [1.82, 2.24) is 14.5 Å². The maximum Gasteiger partial charge on any atom is 0.124 e. The van der Waals surface area contributed by atoms with Gasteiger partial charge in [-0.2, -0.15) is 0 Å². The summed E-state index contributed by atoms with van der Waals surface area (Å²) in [6.45, 7) is 2.25. The molecular weight excluding hydrogens is 316 g/mol. The van der Waals surface area contributed by atoms with Crippen molar-refractivity contribution in [3.63, 3.8) is 0 Å². The lowest BCUT2D eigenvalue weighted by Gasteiger charge is -2.22. The first-order valence-electron chi connectivity index (χ1n) is 6.85. The molecular formula is C15H19BrN4. The van der Waals surface area contributed by atoms with E-state index in [1.807, 2.05) is 17.1 Å². The van der Waals surface area contributed by atoms with E-state index in [9.17, 15) is 0 Å². The van der Waals surface area contributed by atoms with E-state index in [4.69, 9.17) is 0 Å². The molecule has 2 aromatic rings. The van der Waals surface area contributed by atoms with Gasteiger partial charge in [0.1, 0.15) is 10.9 Å². The van der Waals surface area contributed by atoms with Crippen LogP contribution in [0.2, 0.25) is 0 Å². The second-order valence-electron chi connectivity index (χ2n) is 5.47. The van der Waals surface area contributed by atoms with Crippen molar-refractivity contribution in [3.8, 4) is 5.69 Å². The van der Waals surface area contributed by atoms with Crippen molar-refractivity contribution in [2.24, 2.45) is 0 Å². The van der Waals surface area contributed by atoms with E-state index < -0.39 is 0 Å². The van der Waals surface area contributed by atoms with Crippen LogP contribution in [0.5, 0.6) is 0 Å². The lowest BCUT2D eigenvalue weighted by atomic mass is 10.2. The molecule has 106 valence electrons. The Morgan fingerprint density at radius 2 is 1.90 bits per heavy atom. The number of anilines is 1. The van der Waals surface area contributed by atoms with Crippen LogP contribution in [0.25, 0.3) is 5.69 Å². The number of halogens is 1. The number of rotatable bonds is 3. The van der Waals surface area contributed by atoms with Gasteiger partial charge in [0, 0.05) is 36.7 Å². The molecule has 2 heterocycles. The van der Waals surface area contributed by atoms with E-state index in [1.165, 1.54) is 12.1 Å². The normalized spacial score (nSPS) is 19.0. The predicted octanol–water partition coefficient (Wildman–Crippen LogP) is 2.78. The van der Waals surface area contributed by atoms with Gasteiger partial charge >= 0.3 is 0 Å². The van der Waals surface area contributed by atoms with Crippen molar-refractivity contribution in [2.45, 2.75) is 12.5 Å². The highest BCUT2D eigenvalue weighted by Crippen LogP contribution is 2.23. The lowest BCUT2D eigenvalue weighted by molar-refractivity contribution is 0.315. The van der Waals surface area contributed by atoms with E-state index >= 15 is 0 Å². The van der Waals surface area contributed by atoms with E-state index in [0.29, 0.717) is 6.04 Å². The first-order valence-corrected chi connectivity index (χ1v) is 7.64. The Bertz CT molecular complexity index is 576. The minimum Gasteiger partial charge on any atom is -0.370 e. The molecule has 5 heteroatoms. The highest BCUT2D eigenvalue weighted by molar-refractivity contribution is 9.10. The third-order valence-electron chi connectivity index (χ3n) is 3.96. The number of benzene rings is 1. The molecule has 20 heavy (non-hydrogen) atoms. The summed E-state index contributed by atoms with van der Waals surface area (Å²) in [6.07, 6.45) is 5.02. The summed E-state index contributed by atoms with van der Waals surface area (Å²) in [4.78, 5) is 8.96. The summed E-state index contributed by atoms with van der Waals surface area (Å²) in [5, 5.41) is 0. The molecule has 0 saturated carbocycles. The Morgan fingerprint density at radius 1 is 1.20 bits per heavy atom. The Kier molecular flexibility index (Phi) is 3.81. The van der Waals surface area contributed by atoms with Crippen molar-refractivity contribution >= 4 is 21.6 Å². The Hall–Kier alpha value is -1.33. The SMILES string of the molecule is CN(C)[C@H]1CCN(c2ccc(-n3cnc(Br)c3)cc2)C1.